The Morgan fingerprint density at radius 1 is 1.11 bits per heavy atom. The molecule has 6 nitrogen and oxygen atoms in total. The van der Waals surface area contributed by atoms with Crippen LogP contribution in [0, 0.1) is 34.5 Å². The Kier molecular flexibility index (Phi) is 7.89. The van der Waals surface area contributed by atoms with Gasteiger partial charge in [-0.1, -0.05) is 31.9 Å². The first-order chi connectivity index (χ1) is 17.1. The summed E-state index contributed by atoms with van der Waals surface area (Å²) >= 11 is 0. The van der Waals surface area contributed by atoms with E-state index in [4.69, 9.17) is 4.74 Å². The third kappa shape index (κ3) is 4.77. The quantitative estimate of drug-likeness (QED) is 0.350. The molecule has 0 aromatic rings. The number of carbonyl (C=O) groups is 1. The minimum Gasteiger partial charge on any atom is -0.390 e. The second kappa shape index (κ2) is 9.99. The molecule has 0 radical (unpaired) electrons. The number of fused-ring (bicyclic) bond motifs is 4. The van der Waals surface area contributed by atoms with E-state index in [1.54, 1.807) is 20.8 Å². The molecular weight excluding hydrogens is 468 g/mol. The predicted molar refractivity (Wildman–Crippen MR) is 144 cm³/mol. The van der Waals surface area contributed by atoms with Gasteiger partial charge in [-0.25, -0.2) is 0 Å². The van der Waals surface area contributed by atoms with Gasteiger partial charge in [0.05, 0.1) is 29.5 Å². The van der Waals surface area contributed by atoms with Crippen LogP contribution in [-0.2, 0) is 9.53 Å². The van der Waals surface area contributed by atoms with E-state index in [1.807, 2.05) is 6.92 Å². The Balaban J connectivity index is 1.70. The SMILES string of the molecule is CCO[C@@H]1C[C@H]2C(=O)[C@@H](CC)C3=C4CC[C@H]([C@@](C)(O)[C@H](O)CCC(C)(C)O)[C@@]4(C)CC[C@@H]3[C@@]2(C)C[C@@H]1O. The Labute approximate surface area is 223 Å². The van der Waals surface area contributed by atoms with Crippen LogP contribution in [0.15, 0.2) is 11.1 Å². The van der Waals surface area contributed by atoms with Gasteiger partial charge >= 0.3 is 0 Å². The monoisotopic (exact) mass is 520 g/mol. The molecular formula is C31H52O6. The van der Waals surface area contributed by atoms with E-state index in [0.717, 1.165) is 32.1 Å². The number of hydrogen-bond donors (Lipinski definition) is 4. The van der Waals surface area contributed by atoms with Crippen LogP contribution in [0.25, 0.3) is 0 Å². The van der Waals surface area contributed by atoms with Crippen molar-refractivity contribution in [2.75, 3.05) is 6.61 Å². The molecule has 0 aliphatic heterocycles. The van der Waals surface area contributed by atoms with E-state index in [1.165, 1.54) is 11.1 Å². The van der Waals surface area contributed by atoms with Gasteiger partial charge in [-0.3, -0.25) is 4.79 Å². The lowest BCUT2D eigenvalue weighted by Crippen LogP contribution is -2.59. The third-order valence-electron chi connectivity index (χ3n) is 11.2. The molecule has 0 spiro atoms. The normalized spacial score (nSPS) is 42.6. The minimum absolute atomic E-state index is 0.0972. The van der Waals surface area contributed by atoms with Gasteiger partial charge in [-0.2, -0.15) is 0 Å². The van der Waals surface area contributed by atoms with Gasteiger partial charge in [-0.15, -0.1) is 0 Å². The first kappa shape index (κ1) is 29.2. The van der Waals surface area contributed by atoms with Crippen molar-refractivity contribution in [3.8, 4) is 0 Å². The van der Waals surface area contributed by atoms with Crippen LogP contribution in [0.4, 0.5) is 0 Å². The van der Waals surface area contributed by atoms with Crippen molar-refractivity contribution in [1.29, 1.82) is 0 Å². The van der Waals surface area contributed by atoms with Crippen LogP contribution in [0.3, 0.4) is 0 Å². The number of Topliss-reactive ketones (excluding diaryl/α,β-unsaturated/α-hetero) is 1. The molecule has 10 atom stereocenters. The molecule has 37 heavy (non-hydrogen) atoms. The van der Waals surface area contributed by atoms with Gasteiger partial charge in [0.1, 0.15) is 5.78 Å². The molecule has 0 heterocycles. The second-order valence-corrected chi connectivity index (χ2v) is 14.0. The summed E-state index contributed by atoms with van der Waals surface area (Å²) < 4.78 is 5.86. The molecule has 4 rings (SSSR count). The molecule has 3 saturated carbocycles. The van der Waals surface area contributed by atoms with Gasteiger partial charge in [0.15, 0.2) is 0 Å². The highest BCUT2D eigenvalue weighted by atomic mass is 16.5. The first-order valence-electron chi connectivity index (χ1n) is 14.8. The number of aliphatic hydroxyl groups is 4. The number of ketones is 1. The third-order valence-corrected chi connectivity index (χ3v) is 11.2. The van der Waals surface area contributed by atoms with Crippen molar-refractivity contribution in [3.05, 3.63) is 11.1 Å². The molecule has 4 aliphatic rings. The van der Waals surface area contributed by atoms with Crippen LogP contribution in [0.2, 0.25) is 0 Å². The van der Waals surface area contributed by atoms with E-state index >= 15 is 0 Å². The Morgan fingerprint density at radius 2 is 1.78 bits per heavy atom. The Bertz CT molecular complexity index is 902. The molecule has 6 heteroatoms. The van der Waals surface area contributed by atoms with Crippen LogP contribution in [0.5, 0.6) is 0 Å². The molecule has 4 aliphatic carbocycles. The zero-order chi connectivity index (χ0) is 27.6. The van der Waals surface area contributed by atoms with Crippen molar-refractivity contribution in [2.24, 2.45) is 34.5 Å². The van der Waals surface area contributed by atoms with Crippen LogP contribution >= 0.6 is 0 Å². The van der Waals surface area contributed by atoms with Crippen LogP contribution < -0.4 is 0 Å². The number of hydrogen-bond acceptors (Lipinski definition) is 6. The average Bonchev–Trinajstić information content (AvgIpc) is 3.16. The van der Waals surface area contributed by atoms with Crippen molar-refractivity contribution in [1.82, 2.24) is 0 Å². The van der Waals surface area contributed by atoms with E-state index in [9.17, 15) is 25.2 Å². The minimum atomic E-state index is -1.28. The summed E-state index contributed by atoms with van der Waals surface area (Å²) in [6, 6.07) is 0. The topological polar surface area (TPSA) is 107 Å². The van der Waals surface area contributed by atoms with E-state index < -0.39 is 23.4 Å². The highest BCUT2D eigenvalue weighted by Gasteiger charge is 2.63. The molecule has 0 aromatic heterocycles. The number of carbonyl (C=O) groups excluding carboxylic acids is 1. The zero-order valence-electron chi connectivity index (χ0n) is 24.2. The van der Waals surface area contributed by atoms with Crippen molar-refractivity contribution >= 4 is 5.78 Å². The Morgan fingerprint density at radius 3 is 2.38 bits per heavy atom. The number of ether oxygens (including phenoxy) is 1. The van der Waals surface area contributed by atoms with E-state index in [0.29, 0.717) is 38.1 Å². The molecule has 0 bridgehead atoms. The van der Waals surface area contributed by atoms with Crippen molar-refractivity contribution in [2.45, 2.75) is 136 Å². The van der Waals surface area contributed by atoms with Gasteiger partial charge in [0.25, 0.3) is 0 Å². The van der Waals surface area contributed by atoms with Gasteiger partial charge < -0.3 is 25.2 Å². The average molecular weight is 521 g/mol. The predicted octanol–water partition coefficient (Wildman–Crippen LogP) is 4.56. The molecule has 4 N–H and O–H groups in total. The lowest BCUT2D eigenvalue weighted by molar-refractivity contribution is -0.160. The smallest absolute Gasteiger partial charge is 0.143 e. The zero-order valence-corrected chi connectivity index (χ0v) is 24.2. The summed E-state index contributed by atoms with van der Waals surface area (Å²) in [5, 5.41) is 44.0. The summed E-state index contributed by atoms with van der Waals surface area (Å²) in [6.07, 6.45) is 4.42. The molecule has 0 saturated heterocycles. The summed E-state index contributed by atoms with van der Waals surface area (Å²) in [4.78, 5) is 14.1. The fourth-order valence-electron chi connectivity index (χ4n) is 9.22. The number of aliphatic hydroxyl groups excluding tert-OH is 2. The molecule has 0 amide bonds. The summed E-state index contributed by atoms with van der Waals surface area (Å²) in [7, 11) is 0. The fourth-order valence-corrected chi connectivity index (χ4v) is 9.22. The number of rotatable bonds is 8. The second-order valence-electron chi connectivity index (χ2n) is 14.0. The largest absolute Gasteiger partial charge is 0.390 e. The maximum atomic E-state index is 14.1. The first-order valence-corrected chi connectivity index (χ1v) is 14.8. The molecule has 212 valence electrons. The van der Waals surface area contributed by atoms with Crippen molar-refractivity contribution < 1.29 is 30.0 Å². The molecule has 0 unspecified atom stereocenters. The summed E-state index contributed by atoms with van der Waals surface area (Å²) in [5.74, 6) is 0.242. The lowest BCUT2D eigenvalue weighted by Gasteiger charge is -2.59. The molecule has 3 fully saturated rings. The van der Waals surface area contributed by atoms with Crippen LogP contribution in [-0.4, -0.2) is 62.3 Å². The van der Waals surface area contributed by atoms with Crippen molar-refractivity contribution in [3.63, 3.8) is 0 Å². The van der Waals surface area contributed by atoms with Gasteiger partial charge in [-0.05, 0) is 108 Å². The van der Waals surface area contributed by atoms with E-state index in [2.05, 4.69) is 20.8 Å². The fraction of sp³-hybridized carbons (Fsp3) is 0.903. The Hall–Kier alpha value is -0.790. The van der Waals surface area contributed by atoms with Crippen LogP contribution in [0.1, 0.15) is 106 Å². The number of allylic oxidation sites excluding steroid dienone is 2. The highest BCUT2D eigenvalue weighted by Crippen LogP contribution is 2.67. The van der Waals surface area contributed by atoms with Gasteiger partial charge in [0, 0.05) is 18.4 Å². The molecule has 0 aromatic carbocycles. The van der Waals surface area contributed by atoms with E-state index in [-0.39, 0.29) is 40.6 Å². The maximum absolute atomic E-state index is 14.1. The standard InChI is InChI=1S/C31H52O6/c1-8-18-26-19-10-11-24(31(7,36)25(33)13-14-28(3,4)35)29(19,5)15-12-20(26)30(6)17-22(32)23(37-9-2)16-21(30)27(18)34/h18,20-25,32-33,35-36H,8-17H2,1-7H3/t18-,20-,21-,22-,23+,24-,25+,29-,30+,31+/m0/s1. The maximum Gasteiger partial charge on any atom is 0.143 e. The highest BCUT2D eigenvalue weighted by molar-refractivity contribution is 5.89. The lowest BCUT2D eigenvalue weighted by atomic mass is 9.45. The van der Waals surface area contributed by atoms with Gasteiger partial charge in [0.2, 0.25) is 0 Å². The summed E-state index contributed by atoms with van der Waals surface area (Å²) in [5.41, 5.74) is -0.101. The summed E-state index contributed by atoms with van der Waals surface area (Å²) in [6.45, 7) is 14.3.